The molecule has 0 atom stereocenters. The number of hydrogen-bond donors (Lipinski definition) is 0. The van der Waals surface area contributed by atoms with Gasteiger partial charge in [0, 0.05) is 25.2 Å². The number of anilines is 1. The normalized spacial score (nSPS) is 14.0. The predicted octanol–water partition coefficient (Wildman–Crippen LogP) is 3.75. The number of hydrogen-bond acceptors (Lipinski definition) is 5. The van der Waals surface area contributed by atoms with Crippen molar-refractivity contribution in [1.82, 2.24) is 5.16 Å². The smallest absolute Gasteiger partial charge is 0.270 e. The van der Waals surface area contributed by atoms with E-state index in [2.05, 4.69) is 5.16 Å². The molecule has 0 N–H and O–H groups in total. The molecule has 0 spiro atoms. The Morgan fingerprint density at radius 1 is 1.33 bits per heavy atom. The van der Waals surface area contributed by atoms with Crippen LogP contribution in [0.1, 0.15) is 16.7 Å². The number of benzene rings is 2. The average molecular weight is 327 g/mol. The molecular weight excluding hydrogens is 313 g/mol. The quantitative estimate of drug-likeness (QED) is 0.529. The number of aromatic nitrogens is 1. The molecule has 0 fully saturated rings. The summed E-state index contributed by atoms with van der Waals surface area (Å²) in [6.45, 7) is 3.11. The molecule has 0 bridgehead atoms. The highest BCUT2D eigenvalue weighted by Crippen LogP contribution is 2.33. The summed E-state index contributed by atoms with van der Waals surface area (Å²) in [6, 6.07) is 7.53. The zero-order valence-electron chi connectivity index (χ0n) is 13.0. The Kier molecular flexibility index (Phi) is 3.23. The minimum absolute atomic E-state index is 0.00242. The van der Waals surface area contributed by atoms with Crippen molar-refractivity contribution in [3.05, 3.63) is 63.0 Å². The van der Waals surface area contributed by atoms with Crippen molar-refractivity contribution >= 4 is 22.5 Å². The van der Waals surface area contributed by atoms with Gasteiger partial charge in [0.25, 0.3) is 5.69 Å². The Morgan fingerprint density at radius 2 is 2.17 bits per heavy atom. The van der Waals surface area contributed by atoms with E-state index in [1.165, 1.54) is 18.2 Å². The summed E-state index contributed by atoms with van der Waals surface area (Å²) in [5.74, 6) is 0.366. The van der Waals surface area contributed by atoms with Gasteiger partial charge in [0.2, 0.25) is 0 Å². The van der Waals surface area contributed by atoms with Crippen molar-refractivity contribution in [1.29, 1.82) is 0 Å². The molecule has 2 aromatic carbocycles. The van der Waals surface area contributed by atoms with Crippen LogP contribution < -0.4 is 4.90 Å². The molecule has 0 unspecified atom stereocenters. The summed E-state index contributed by atoms with van der Waals surface area (Å²) in [5, 5.41) is 15.7. The number of nitro groups is 1. The van der Waals surface area contributed by atoms with Crippen molar-refractivity contribution in [2.45, 2.75) is 19.9 Å². The van der Waals surface area contributed by atoms with E-state index >= 15 is 0 Å². The van der Waals surface area contributed by atoms with Crippen molar-refractivity contribution < 1.29 is 13.8 Å². The van der Waals surface area contributed by atoms with Gasteiger partial charge >= 0.3 is 0 Å². The minimum atomic E-state index is -0.436. The van der Waals surface area contributed by atoms with Crippen LogP contribution in [0, 0.1) is 22.9 Å². The van der Waals surface area contributed by atoms with Crippen molar-refractivity contribution in [2.75, 3.05) is 11.4 Å². The number of nitrogens with zero attached hydrogens (tertiary/aromatic N) is 3. The second kappa shape index (κ2) is 5.30. The molecule has 7 heteroatoms. The topological polar surface area (TPSA) is 72.4 Å². The molecule has 0 saturated heterocycles. The highest BCUT2D eigenvalue weighted by Gasteiger charge is 2.24. The predicted molar refractivity (Wildman–Crippen MR) is 86.6 cm³/mol. The maximum atomic E-state index is 13.5. The maximum absolute atomic E-state index is 13.5. The Bertz CT molecular complexity index is 967. The third-order valence-electron chi connectivity index (χ3n) is 4.48. The largest absolute Gasteiger partial charge is 0.354 e. The first kappa shape index (κ1) is 14.6. The molecule has 3 aromatic rings. The molecule has 0 aliphatic carbocycles. The van der Waals surface area contributed by atoms with E-state index in [-0.39, 0.29) is 11.5 Å². The van der Waals surface area contributed by atoms with Crippen LogP contribution >= 0.6 is 0 Å². The number of halogens is 1. The Morgan fingerprint density at radius 3 is 2.96 bits per heavy atom. The molecule has 4 rings (SSSR count). The van der Waals surface area contributed by atoms with Gasteiger partial charge in [0.1, 0.15) is 5.82 Å². The number of nitro benzene ring substituents is 1. The lowest BCUT2D eigenvalue weighted by Crippen LogP contribution is -2.31. The zero-order valence-corrected chi connectivity index (χ0v) is 13.0. The Hall–Kier alpha value is -2.96. The molecule has 1 aliphatic heterocycles. The van der Waals surface area contributed by atoms with Gasteiger partial charge in [-0.15, -0.1) is 0 Å². The van der Waals surface area contributed by atoms with Gasteiger partial charge in [-0.25, -0.2) is 4.39 Å². The van der Waals surface area contributed by atoms with Crippen molar-refractivity contribution in [3.63, 3.8) is 0 Å². The number of fused-ring (bicyclic) bond motifs is 2. The zero-order chi connectivity index (χ0) is 16.8. The molecule has 0 amide bonds. The molecule has 1 aliphatic rings. The van der Waals surface area contributed by atoms with Crippen LogP contribution in [-0.2, 0) is 13.0 Å². The van der Waals surface area contributed by atoms with Crippen LogP contribution in [0.15, 0.2) is 34.9 Å². The van der Waals surface area contributed by atoms with Crippen LogP contribution in [0.5, 0.6) is 0 Å². The van der Waals surface area contributed by atoms with Crippen molar-refractivity contribution in [2.24, 2.45) is 0 Å². The Labute approximate surface area is 136 Å². The third-order valence-corrected chi connectivity index (χ3v) is 4.48. The molecule has 122 valence electrons. The van der Waals surface area contributed by atoms with Crippen molar-refractivity contribution in [3.8, 4) is 0 Å². The monoisotopic (exact) mass is 327 g/mol. The van der Waals surface area contributed by atoms with E-state index < -0.39 is 4.92 Å². The van der Waals surface area contributed by atoms with Crippen LogP contribution in [-0.4, -0.2) is 16.6 Å². The molecule has 0 saturated carbocycles. The van der Waals surface area contributed by atoms with Crippen LogP contribution in [0.2, 0.25) is 0 Å². The summed E-state index contributed by atoms with van der Waals surface area (Å²) < 4.78 is 18.8. The van der Waals surface area contributed by atoms with Gasteiger partial charge in [-0.3, -0.25) is 10.1 Å². The first-order chi connectivity index (χ1) is 11.5. The first-order valence-electron chi connectivity index (χ1n) is 7.59. The van der Waals surface area contributed by atoms with Gasteiger partial charge in [-0.05, 0) is 48.2 Å². The Balaban J connectivity index is 1.76. The van der Waals surface area contributed by atoms with Crippen LogP contribution in [0.4, 0.5) is 15.9 Å². The fourth-order valence-electron chi connectivity index (χ4n) is 3.25. The highest BCUT2D eigenvalue weighted by atomic mass is 19.1. The summed E-state index contributed by atoms with van der Waals surface area (Å²) in [7, 11) is 0. The lowest BCUT2D eigenvalue weighted by molar-refractivity contribution is -0.384. The summed E-state index contributed by atoms with van der Waals surface area (Å²) in [5.41, 5.74) is 3.49. The van der Waals surface area contributed by atoms with Gasteiger partial charge in [-0.1, -0.05) is 5.16 Å². The number of rotatable bonds is 2. The number of aryl methyl sites for hydroxylation is 1. The van der Waals surface area contributed by atoms with E-state index in [4.69, 9.17) is 4.52 Å². The molecule has 6 nitrogen and oxygen atoms in total. The van der Waals surface area contributed by atoms with Gasteiger partial charge in [0.05, 0.1) is 10.3 Å². The first-order valence-corrected chi connectivity index (χ1v) is 7.59. The van der Waals surface area contributed by atoms with Crippen LogP contribution in [0.3, 0.4) is 0 Å². The van der Waals surface area contributed by atoms with E-state index in [1.54, 1.807) is 12.1 Å². The number of non-ortho nitro benzene ring substituents is 1. The highest BCUT2D eigenvalue weighted by molar-refractivity contribution is 5.90. The minimum Gasteiger partial charge on any atom is -0.354 e. The summed E-state index contributed by atoms with van der Waals surface area (Å²) >= 11 is 0. The molecule has 1 aromatic heterocycles. The van der Waals surface area contributed by atoms with E-state index in [0.29, 0.717) is 36.3 Å². The summed E-state index contributed by atoms with van der Waals surface area (Å²) in [6.07, 6.45) is 0.692. The molecule has 0 radical (unpaired) electrons. The maximum Gasteiger partial charge on any atom is 0.270 e. The molecule has 24 heavy (non-hydrogen) atoms. The van der Waals surface area contributed by atoms with Crippen LogP contribution in [0.25, 0.3) is 11.0 Å². The van der Waals surface area contributed by atoms with Gasteiger partial charge in [-0.2, -0.15) is 0 Å². The van der Waals surface area contributed by atoms with E-state index in [0.717, 1.165) is 16.7 Å². The third kappa shape index (κ3) is 2.29. The van der Waals surface area contributed by atoms with E-state index in [1.807, 2.05) is 11.8 Å². The molecular formula is C17H14FN3O3. The average Bonchev–Trinajstić information content (AvgIpc) is 2.97. The lowest BCUT2D eigenvalue weighted by Gasteiger charge is -2.29. The van der Waals surface area contributed by atoms with Gasteiger partial charge in [0.15, 0.2) is 11.4 Å². The lowest BCUT2D eigenvalue weighted by atomic mass is 9.95. The fraction of sp³-hybridized carbons (Fsp3) is 0.235. The fourth-order valence-corrected chi connectivity index (χ4v) is 3.25. The standard InChI is InChI=1S/C17H14FN3O3/c1-10-6-12(18)7-11-4-5-20(9-15(10)11)17-14-8-13(21(22)23)2-3-16(14)24-19-17/h2-3,6-8H,4-5,9H2,1H3. The second-order valence-corrected chi connectivity index (χ2v) is 5.98. The SMILES string of the molecule is Cc1cc(F)cc2c1CN(c1noc3ccc([N+](=O)[O-])cc13)CC2. The second-order valence-electron chi connectivity index (χ2n) is 5.98. The summed E-state index contributed by atoms with van der Waals surface area (Å²) in [4.78, 5) is 12.6. The molecule has 2 heterocycles. The van der Waals surface area contributed by atoms with Gasteiger partial charge < -0.3 is 9.42 Å². The van der Waals surface area contributed by atoms with E-state index in [9.17, 15) is 14.5 Å².